The first-order valence-corrected chi connectivity index (χ1v) is 19.3. The summed E-state index contributed by atoms with van der Waals surface area (Å²) >= 11 is 0. The van der Waals surface area contributed by atoms with E-state index in [0.717, 1.165) is 24.6 Å². The highest BCUT2D eigenvalue weighted by Crippen LogP contribution is 2.42. The number of sulfonamides is 1. The molecule has 0 spiro atoms. The van der Waals surface area contributed by atoms with Crippen LogP contribution in [0.5, 0.6) is 11.5 Å². The minimum Gasteiger partial charge on any atom is -0.505 e. The Morgan fingerprint density at radius 2 is 1.39 bits per heavy atom. The Morgan fingerprint density at radius 3 is 2.06 bits per heavy atom. The first kappa shape index (κ1) is 37.9. The van der Waals surface area contributed by atoms with Crippen molar-refractivity contribution in [3.05, 3.63) is 84.4 Å². The molecule has 2 unspecified atom stereocenters. The van der Waals surface area contributed by atoms with Crippen LogP contribution in [0.2, 0.25) is 0 Å². The SMILES string of the molecule is CCCCCCCCCCCC(O)CC(C)c1ccccc1S(=O)(=O)Nc1ccc(N=Nc2cc(OC(C)C)c3ccccc3c2O)cc1. The lowest BCUT2D eigenvalue weighted by Gasteiger charge is -2.20. The largest absolute Gasteiger partial charge is 0.505 e. The highest BCUT2D eigenvalue weighted by atomic mass is 32.2. The molecule has 9 heteroatoms. The quantitative estimate of drug-likeness (QED) is 0.0631. The number of fused-ring (bicyclic) bond motifs is 1. The molecule has 4 aromatic carbocycles. The van der Waals surface area contributed by atoms with E-state index in [0.29, 0.717) is 34.5 Å². The van der Waals surface area contributed by atoms with Crippen molar-refractivity contribution in [2.75, 3.05) is 4.72 Å². The van der Waals surface area contributed by atoms with Crippen molar-refractivity contribution in [1.29, 1.82) is 0 Å². The van der Waals surface area contributed by atoms with Crippen molar-refractivity contribution in [3.63, 3.8) is 0 Å². The maximum absolute atomic E-state index is 13.6. The second-order valence-corrected chi connectivity index (χ2v) is 14.9. The van der Waals surface area contributed by atoms with E-state index in [-0.39, 0.29) is 28.4 Å². The molecule has 8 nitrogen and oxygen atoms in total. The molecule has 0 heterocycles. The van der Waals surface area contributed by atoms with Crippen LogP contribution >= 0.6 is 0 Å². The van der Waals surface area contributed by atoms with Gasteiger partial charge in [0.05, 0.1) is 22.8 Å². The smallest absolute Gasteiger partial charge is 0.262 e. The Hall–Kier alpha value is -3.95. The van der Waals surface area contributed by atoms with E-state index in [1.165, 1.54) is 44.9 Å². The van der Waals surface area contributed by atoms with E-state index in [9.17, 15) is 18.6 Å². The van der Waals surface area contributed by atoms with Crippen LogP contribution in [-0.2, 0) is 10.0 Å². The summed E-state index contributed by atoms with van der Waals surface area (Å²) in [5.41, 5.74) is 1.82. The maximum Gasteiger partial charge on any atom is 0.262 e. The van der Waals surface area contributed by atoms with Crippen LogP contribution in [0.15, 0.2) is 94.0 Å². The molecule has 3 N–H and O–H groups in total. The molecule has 0 aliphatic rings. The third-order valence-electron chi connectivity index (χ3n) is 8.72. The topological polar surface area (TPSA) is 121 Å². The molecule has 0 fully saturated rings. The van der Waals surface area contributed by atoms with Gasteiger partial charge in [-0.1, -0.05) is 114 Å². The summed E-state index contributed by atoms with van der Waals surface area (Å²) in [6, 6.07) is 22.6. The molecule has 264 valence electrons. The second-order valence-electron chi connectivity index (χ2n) is 13.3. The summed E-state index contributed by atoms with van der Waals surface area (Å²) in [5, 5.41) is 31.6. The lowest BCUT2D eigenvalue weighted by atomic mass is 9.93. The highest BCUT2D eigenvalue weighted by molar-refractivity contribution is 7.92. The van der Waals surface area contributed by atoms with Crippen molar-refractivity contribution >= 4 is 37.9 Å². The summed E-state index contributed by atoms with van der Waals surface area (Å²) < 4.78 is 35.8. The van der Waals surface area contributed by atoms with Gasteiger partial charge >= 0.3 is 0 Å². The fraction of sp³-hybridized carbons (Fsp3) is 0.450. The van der Waals surface area contributed by atoms with Gasteiger partial charge in [0, 0.05) is 22.5 Å². The molecule has 0 bridgehead atoms. The van der Waals surface area contributed by atoms with E-state index in [1.807, 2.05) is 51.1 Å². The Morgan fingerprint density at radius 1 is 0.776 bits per heavy atom. The predicted octanol–water partition coefficient (Wildman–Crippen LogP) is 11.3. The van der Waals surface area contributed by atoms with E-state index in [1.54, 1.807) is 48.5 Å². The molecule has 49 heavy (non-hydrogen) atoms. The number of hydrogen-bond donors (Lipinski definition) is 3. The average Bonchev–Trinajstić information content (AvgIpc) is 3.08. The van der Waals surface area contributed by atoms with Gasteiger partial charge in [0.2, 0.25) is 0 Å². The number of unbranched alkanes of at least 4 members (excludes halogenated alkanes) is 8. The van der Waals surface area contributed by atoms with Gasteiger partial charge in [-0.25, -0.2) is 8.42 Å². The van der Waals surface area contributed by atoms with Gasteiger partial charge in [0.1, 0.15) is 11.4 Å². The Balaban J connectivity index is 1.36. The third kappa shape index (κ3) is 11.3. The van der Waals surface area contributed by atoms with Gasteiger partial charge in [-0.15, -0.1) is 5.11 Å². The van der Waals surface area contributed by atoms with Crippen LogP contribution in [0.1, 0.15) is 110 Å². The van der Waals surface area contributed by atoms with Gasteiger partial charge in [-0.05, 0) is 68.5 Å². The number of benzene rings is 4. The number of ether oxygens (including phenoxy) is 1. The number of aliphatic hydroxyl groups excluding tert-OH is 1. The molecule has 2 atom stereocenters. The molecule has 4 aromatic rings. The highest BCUT2D eigenvalue weighted by Gasteiger charge is 2.23. The minimum atomic E-state index is -3.90. The average molecular weight is 688 g/mol. The second kappa shape index (κ2) is 18.7. The summed E-state index contributed by atoms with van der Waals surface area (Å²) in [5.74, 6) is 0.468. The molecule has 0 aliphatic carbocycles. The number of aliphatic hydroxyl groups is 1. The van der Waals surface area contributed by atoms with Crippen LogP contribution in [0.3, 0.4) is 0 Å². The normalized spacial score (nSPS) is 13.3. The molecule has 0 saturated heterocycles. The van der Waals surface area contributed by atoms with Gasteiger partial charge in [0.15, 0.2) is 5.75 Å². The lowest BCUT2D eigenvalue weighted by Crippen LogP contribution is -2.17. The standard InChI is InChI=1S/C40H53N3O5S/c1-5-6-7-8-9-10-11-12-13-18-33(44)27-30(4)34-19-16-17-22-39(34)49(46,47)43-32-25-23-31(24-26-32)41-42-37-28-38(48-29(2)3)35-20-14-15-21-36(35)40(37)45/h14-17,19-26,28-30,33,43-45H,5-13,18,27H2,1-4H3. The van der Waals surface area contributed by atoms with Crippen LogP contribution in [0.4, 0.5) is 17.1 Å². The van der Waals surface area contributed by atoms with Crippen LogP contribution in [0.25, 0.3) is 10.8 Å². The van der Waals surface area contributed by atoms with Gasteiger partial charge in [0.25, 0.3) is 10.0 Å². The number of nitrogens with one attached hydrogen (secondary N) is 1. The van der Waals surface area contributed by atoms with Crippen LogP contribution in [-0.4, -0.2) is 30.8 Å². The predicted molar refractivity (Wildman–Crippen MR) is 200 cm³/mol. The molecular formula is C40H53N3O5S. The maximum atomic E-state index is 13.6. The van der Waals surface area contributed by atoms with E-state index < -0.39 is 16.1 Å². The van der Waals surface area contributed by atoms with Crippen molar-refractivity contribution in [3.8, 4) is 11.5 Å². The molecule has 0 aromatic heterocycles. The summed E-state index contributed by atoms with van der Waals surface area (Å²) in [6.45, 7) is 8.07. The number of anilines is 1. The first-order valence-electron chi connectivity index (χ1n) is 17.8. The Labute approximate surface area is 292 Å². The van der Waals surface area contributed by atoms with Crippen molar-refractivity contribution in [2.24, 2.45) is 10.2 Å². The summed E-state index contributed by atoms with van der Waals surface area (Å²) in [4.78, 5) is 0.202. The molecule has 0 amide bonds. The van der Waals surface area contributed by atoms with Gasteiger partial charge < -0.3 is 14.9 Å². The number of phenolic OH excluding ortho intramolecular Hbond substituents is 1. The van der Waals surface area contributed by atoms with Crippen LogP contribution in [0, 0.1) is 0 Å². The molecular weight excluding hydrogens is 635 g/mol. The lowest BCUT2D eigenvalue weighted by molar-refractivity contribution is 0.143. The molecule has 0 radical (unpaired) electrons. The number of hydrogen-bond acceptors (Lipinski definition) is 7. The van der Waals surface area contributed by atoms with Crippen LogP contribution < -0.4 is 9.46 Å². The minimum absolute atomic E-state index is 0.00347. The fourth-order valence-corrected chi connectivity index (χ4v) is 7.53. The summed E-state index contributed by atoms with van der Waals surface area (Å²) in [7, 11) is -3.90. The zero-order valence-corrected chi connectivity index (χ0v) is 30.3. The Bertz CT molecular complexity index is 1760. The Kier molecular flexibility index (Phi) is 14.5. The fourth-order valence-electron chi connectivity index (χ4n) is 6.13. The number of azo groups is 1. The molecule has 4 rings (SSSR count). The zero-order chi connectivity index (χ0) is 35.2. The van der Waals surface area contributed by atoms with Crippen molar-refractivity contribution < 1.29 is 23.4 Å². The molecule has 0 saturated carbocycles. The van der Waals surface area contributed by atoms with E-state index in [2.05, 4.69) is 21.9 Å². The van der Waals surface area contributed by atoms with Crippen molar-refractivity contribution in [1.82, 2.24) is 0 Å². The first-order chi connectivity index (χ1) is 23.6. The molecule has 0 aliphatic heterocycles. The number of rotatable bonds is 20. The van der Waals surface area contributed by atoms with E-state index >= 15 is 0 Å². The van der Waals surface area contributed by atoms with Crippen molar-refractivity contribution in [2.45, 2.75) is 121 Å². The number of aromatic hydroxyl groups is 1. The summed E-state index contributed by atoms with van der Waals surface area (Å²) in [6.07, 6.45) is 11.8. The zero-order valence-electron chi connectivity index (χ0n) is 29.4. The number of phenols is 1. The third-order valence-corrected chi connectivity index (χ3v) is 10.2. The number of nitrogens with zero attached hydrogens (tertiary/aromatic N) is 2. The van der Waals surface area contributed by atoms with Gasteiger partial charge in [-0.2, -0.15) is 5.11 Å². The monoisotopic (exact) mass is 687 g/mol. The van der Waals surface area contributed by atoms with Gasteiger partial charge in [-0.3, -0.25) is 4.72 Å². The van der Waals surface area contributed by atoms with E-state index in [4.69, 9.17) is 4.74 Å².